The van der Waals surface area contributed by atoms with Crippen molar-refractivity contribution in [2.75, 3.05) is 6.61 Å². The summed E-state index contributed by atoms with van der Waals surface area (Å²) in [5.74, 6) is 0.388. The zero-order chi connectivity index (χ0) is 13.8. The van der Waals surface area contributed by atoms with Gasteiger partial charge in [-0.15, -0.1) is 0 Å². The van der Waals surface area contributed by atoms with Crippen molar-refractivity contribution < 1.29 is 9.13 Å². The van der Waals surface area contributed by atoms with Crippen LogP contribution in [0.15, 0.2) is 36.4 Å². The predicted molar refractivity (Wildman–Crippen MR) is 75.9 cm³/mol. The minimum atomic E-state index is -0.329. The molecule has 2 nitrogen and oxygen atoms in total. The van der Waals surface area contributed by atoms with Crippen LogP contribution in [-0.2, 0) is 6.54 Å². The number of benzene rings is 2. The lowest BCUT2D eigenvalue weighted by atomic mass is 9.99. The van der Waals surface area contributed by atoms with E-state index in [0.29, 0.717) is 23.7 Å². The molecule has 4 heteroatoms. The van der Waals surface area contributed by atoms with Crippen LogP contribution < -0.4 is 10.5 Å². The summed E-state index contributed by atoms with van der Waals surface area (Å²) >= 11 is 6.14. The average molecular weight is 280 g/mol. The zero-order valence-electron chi connectivity index (χ0n) is 10.6. The Morgan fingerprint density at radius 3 is 2.63 bits per heavy atom. The van der Waals surface area contributed by atoms with Crippen LogP contribution in [0.25, 0.3) is 11.1 Å². The molecule has 0 bridgehead atoms. The second-order valence-electron chi connectivity index (χ2n) is 4.08. The summed E-state index contributed by atoms with van der Waals surface area (Å²) in [5, 5.41) is 0.491. The summed E-state index contributed by atoms with van der Waals surface area (Å²) in [6, 6.07) is 9.85. The SMILES string of the molecule is CCOc1ccc(CN)c(-c2cc(F)ccc2Cl)c1. The van der Waals surface area contributed by atoms with Gasteiger partial charge in [0.05, 0.1) is 6.61 Å². The highest BCUT2D eigenvalue weighted by Gasteiger charge is 2.10. The maximum atomic E-state index is 13.4. The quantitative estimate of drug-likeness (QED) is 0.918. The maximum Gasteiger partial charge on any atom is 0.123 e. The molecule has 0 saturated carbocycles. The standard InChI is InChI=1S/C15H15ClFNO/c1-2-19-12-5-3-10(9-18)13(8-12)14-7-11(17)4-6-15(14)16/h3-8H,2,9,18H2,1H3. The Morgan fingerprint density at radius 2 is 1.95 bits per heavy atom. The van der Waals surface area contributed by atoms with E-state index in [1.54, 1.807) is 6.07 Å². The Bertz CT molecular complexity index is 586. The molecule has 0 aromatic heterocycles. The molecule has 2 aromatic carbocycles. The minimum absolute atomic E-state index is 0.329. The summed E-state index contributed by atoms with van der Waals surface area (Å²) in [6.45, 7) is 2.83. The van der Waals surface area contributed by atoms with Gasteiger partial charge in [0.2, 0.25) is 0 Å². The lowest BCUT2D eigenvalue weighted by Crippen LogP contribution is -2.01. The highest BCUT2D eigenvalue weighted by atomic mass is 35.5. The van der Waals surface area contributed by atoms with Crippen molar-refractivity contribution in [2.45, 2.75) is 13.5 Å². The van der Waals surface area contributed by atoms with Gasteiger partial charge in [0.1, 0.15) is 11.6 Å². The Labute approximate surface area is 117 Å². The fourth-order valence-corrected chi connectivity index (χ4v) is 2.16. The molecular weight excluding hydrogens is 265 g/mol. The largest absolute Gasteiger partial charge is 0.494 e. The van der Waals surface area contributed by atoms with E-state index in [9.17, 15) is 4.39 Å². The van der Waals surface area contributed by atoms with Crippen LogP contribution in [0.2, 0.25) is 5.02 Å². The second kappa shape index (κ2) is 6.04. The van der Waals surface area contributed by atoms with Gasteiger partial charge in [-0.25, -0.2) is 4.39 Å². The molecule has 19 heavy (non-hydrogen) atoms. The first-order valence-corrected chi connectivity index (χ1v) is 6.44. The van der Waals surface area contributed by atoms with Gasteiger partial charge in [0, 0.05) is 17.1 Å². The Hall–Kier alpha value is -1.58. The van der Waals surface area contributed by atoms with Crippen molar-refractivity contribution in [1.29, 1.82) is 0 Å². The van der Waals surface area contributed by atoms with Gasteiger partial charge in [0.15, 0.2) is 0 Å². The summed E-state index contributed by atoms with van der Waals surface area (Å²) in [4.78, 5) is 0. The fourth-order valence-electron chi connectivity index (χ4n) is 1.94. The number of hydrogen-bond donors (Lipinski definition) is 1. The van der Waals surface area contributed by atoms with Crippen LogP contribution >= 0.6 is 11.6 Å². The predicted octanol–water partition coefficient (Wildman–Crippen LogP) is 4.00. The third-order valence-corrected chi connectivity index (χ3v) is 3.16. The van der Waals surface area contributed by atoms with Crippen LogP contribution in [0.5, 0.6) is 5.75 Å². The molecule has 0 heterocycles. The third kappa shape index (κ3) is 3.06. The van der Waals surface area contributed by atoms with Crippen molar-refractivity contribution in [3.05, 3.63) is 52.8 Å². The summed E-state index contributed by atoms with van der Waals surface area (Å²) in [7, 11) is 0. The molecular formula is C15H15ClFNO. The van der Waals surface area contributed by atoms with E-state index in [0.717, 1.165) is 16.9 Å². The summed E-state index contributed by atoms with van der Waals surface area (Å²) in [5.41, 5.74) is 8.05. The van der Waals surface area contributed by atoms with Crippen molar-refractivity contribution >= 4 is 11.6 Å². The van der Waals surface area contributed by atoms with Gasteiger partial charge in [-0.05, 0) is 48.4 Å². The minimum Gasteiger partial charge on any atom is -0.494 e. The summed E-state index contributed by atoms with van der Waals surface area (Å²) < 4.78 is 18.9. The van der Waals surface area contributed by atoms with Gasteiger partial charge >= 0.3 is 0 Å². The first-order valence-electron chi connectivity index (χ1n) is 6.07. The van der Waals surface area contributed by atoms with Crippen molar-refractivity contribution in [3.8, 4) is 16.9 Å². The molecule has 0 amide bonds. The van der Waals surface area contributed by atoms with E-state index in [1.807, 2.05) is 25.1 Å². The summed E-state index contributed by atoms with van der Waals surface area (Å²) in [6.07, 6.45) is 0. The van der Waals surface area contributed by atoms with Crippen molar-refractivity contribution in [3.63, 3.8) is 0 Å². The molecule has 0 radical (unpaired) electrons. The van der Waals surface area contributed by atoms with E-state index in [-0.39, 0.29) is 5.82 Å². The molecule has 0 aliphatic heterocycles. The molecule has 0 aliphatic rings. The number of hydrogen-bond acceptors (Lipinski definition) is 2. The average Bonchev–Trinajstić information content (AvgIpc) is 2.42. The van der Waals surface area contributed by atoms with E-state index in [1.165, 1.54) is 12.1 Å². The van der Waals surface area contributed by atoms with E-state index in [2.05, 4.69) is 0 Å². The highest BCUT2D eigenvalue weighted by molar-refractivity contribution is 6.33. The van der Waals surface area contributed by atoms with Gasteiger partial charge in [-0.1, -0.05) is 17.7 Å². The smallest absolute Gasteiger partial charge is 0.123 e. The van der Waals surface area contributed by atoms with E-state index < -0.39 is 0 Å². The molecule has 0 atom stereocenters. The first kappa shape index (κ1) is 13.8. The fraction of sp³-hybridized carbons (Fsp3) is 0.200. The monoisotopic (exact) mass is 279 g/mol. The topological polar surface area (TPSA) is 35.2 Å². The maximum absolute atomic E-state index is 13.4. The first-order chi connectivity index (χ1) is 9.15. The van der Waals surface area contributed by atoms with Crippen LogP contribution in [0, 0.1) is 5.82 Å². The number of halogens is 2. The van der Waals surface area contributed by atoms with Gasteiger partial charge in [0.25, 0.3) is 0 Å². The lowest BCUT2D eigenvalue weighted by molar-refractivity contribution is 0.340. The number of rotatable bonds is 4. The molecule has 2 N–H and O–H groups in total. The molecule has 0 aliphatic carbocycles. The Balaban J connectivity index is 2.58. The molecule has 0 fully saturated rings. The van der Waals surface area contributed by atoms with E-state index >= 15 is 0 Å². The second-order valence-corrected chi connectivity index (χ2v) is 4.49. The van der Waals surface area contributed by atoms with Crippen LogP contribution in [0.1, 0.15) is 12.5 Å². The zero-order valence-corrected chi connectivity index (χ0v) is 11.4. The molecule has 2 rings (SSSR count). The molecule has 0 unspecified atom stereocenters. The van der Waals surface area contributed by atoms with Gasteiger partial charge in [-0.3, -0.25) is 0 Å². The van der Waals surface area contributed by atoms with Crippen LogP contribution in [-0.4, -0.2) is 6.61 Å². The van der Waals surface area contributed by atoms with Gasteiger partial charge < -0.3 is 10.5 Å². The number of nitrogens with two attached hydrogens (primary N) is 1. The molecule has 100 valence electrons. The van der Waals surface area contributed by atoms with Crippen LogP contribution in [0.3, 0.4) is 0 Å². The molecule has 0 spiro atoms. The van der Waals surface area contributed by atoms with Crippen molar-refractivity contribution in [1.82, 2.24) is 0 Å². The highest BCUT2D eigenvalue weighted by Crippen LogP contribution is 2.33. The lowest BCUT2D eigenvalue weighted by Gasteiger charge is -2.12. The molecule has 2 aromatic rings. The van der Waals surface area contributed by atoms with E-state index in [4.69, 9.17) is 22.1 Å². The third-order valence-electron chi connectivity index (χ3n) is 2.83. The van der Waals surface area contributed by atoms with Gasteiger partial charge in [-0.2, -0.15) is 0 Å². The van der Waals surface area contributed by atoms with Crippen LogP contribution in [0.4, 0.5) is 4.39 Å². The molecule has 0 saturated heterocycles. The normalized spacial score (nSPS) is 10.5. The number of ether oxygens (including phenoxy) is 1. The Kier molecular flexibility index (Phi) is 4.40. The Morgan fingerprint density at radius 1 is 1.16 bits per heavy atom. The van der Waals surface area contributed by atoms with Crippen molar-refractivity contribution in [2.24, 2.45) is 5.73 Å².